The number of hydrogen-bond donors (Lipinski definition) is 1. The van der Waals surface area contributed by atoms with E-state index in [-0.39, 0.29) is 11.3 Å². The fraction of sp³-hybridized carbons (Fsp3) is 0.462. The summed E-state index contributed by atoms with van der Waals surface area (Å²) in [6, 6.07) is 5.92. The molecule has 2 aliphatic carbocycles. The molecule has 3 heteroatoms. The predicted molar refractivity (Wildman–Crippen MR) is 61.8 cm³/mol. The van der Waals surface area contributed by atoms with Crippen LogP contribution in [-0.2, 0) is 16.6 Å². The number of fused-ring (bicyclic) bond motifs is 2. The van der Waals surface area contributed by atoms with Crippen molar-refractivity contribution in [3.05, 3.63) is 34.3 Å². The van der Waals surface area contributed by atoms with Gasteiger partial charge in [-0.2, -0.15) is 0 Å². The minimum atomic E-state index is -0.664. The van der Waals surface area contributed by atoms with Crippen molar-refractivity contribution in [2.75, 3.05) is 0 Å². The molecule has 84 valence electrons. The number of aryl methyl sites for hydroxylation is 1. The molecule has 1 unspecified atom stereocenters. The first-order valence-electron chi connectivity index (χ1n) is 5.66. The lowest BCUT2D eigenvalue weighted by atomic mass is 9.72. The first-order valence-corrected chi connectivity index (χ1v) is 6.03. The zero-order valence-electron chi connectivity index (χ0n) is 8.87. The van der Waals surface area contributed by atoms with Gasteiger partial charge in [0, 0.05) is 10.4 Å². The Morgan fingerprint density at radius 2 is 2.19 bits per heavy atom. The van der Waals surface area contributed by atoms with Crippen molar-refractivity contribution in [1.29, 1.82) is 0 Å². The highest BCUT2D eigenvalue weighted by atomic mass is 35.5. The van der Waals surface area contributed by atoms with Crippen molar-refractivity contribution in [3.63, 3.8) is 0 Å². The molecule has 16 heavy (non-hydrogen) atoms. The molecule has 1 fully saturated rings. The topological polar surface area (TPSA) is 37.3 Å². The van der Waals surface area contributed by atoms with Crippen molar-refractivity contribution < 1.29 is 9.90 Å². The van der Waals surface area contributed by atoms with Gasteiger partial charge in [0.05, 0.1) is 5.92 Å². The lowest BCUT2D eigenvalue weighted by Gasteiger charge is -2.32. The molecular formula is C13H13ClO2. The normalized spacial score (nSPS) is 25.2. The largest absolute Gasteiger partial charge is 0.481 e. The molecule has 0 radical (unpaired) electrons. The van der Waals surface area contributed by atoms with E-state index in [9.17, 15) is 9.90 Å². The Kier molecular flexibility index (Phi) is 2.05. The van der Waals surface area contributed by atoms with Crippen LogP contribution < -0.4 is 0 Å². The molecule has 0 aromatic heterocycles. The SMILES string of the molecule is O=C(O)C1CCc2cccc(Cl)c2C12CC2. The fourth-order valence-corrected chi connectivity index (χ4v) is 3.56. The maximum atomic E-state index is 11.3. The molecule has 2 aliphatic rings. The Hall–Kier alpha value is -1.02. The monoisotopic (exact) mass is 236 g/mol. The summed E-state index contributed by atoms with van der Waals surface area (Å²) in [5.74, 6) is -0.900. The van der Waals surface area contributed by atoms with E-state index < -0.39 is 5.97 Å². The Balaban J connectivity index is 2.15. The summed E-state index contributed by atoms with van der Waals surface area (Å²) in [7, 11) is 0. The lowest BCUT2D eigenvalue weighted by molar-refractivity contribution is -0.143. The molecule has 3 rings (SSSR count). The van der Waals surface area contributed by atoms with Gasteiger partial charge in [0.2, 0.25) is 0 Å². The van der Waals surface area contributed by atoms with Crippen LogP contribution in [0.25, 0.3) is 0 Å². The van der Waals surface area contributed by atoms with Crippen LogP contribution in [0.4, 0.5) is 0 Å². The van der Waals surface area contributed by atoms with Crippen molar-refractivity contribution in [3.8, 4) is 0 Å². The van der Waals surface area contributed by atoms with Gasteiger partial charge in [-0.05, 0) is 42.9 Å². The highest BCUT2D eigenvalue weighted by Gasteiger charge is 2.56. The van der Waals surface area contributed by atoms with Crippen LogP contribution in [0.3, 0.4) is 0 Å². The zero-order valence-corrected chi connectivity index (χ0v) is 9.63. The highest BCUT2D eigenvalue weighted by Crippen LogP contribution is 2.60. The molecular weight excluding hydrogens is 224 g/mol. The molecule has 1 atom stereocenters. The van der Waals surface area contributed by atoms with E-state index in [2.05, 4.69) is 6.07 Å². The number of carboxylic acids is 1. The molecule has 1 saturated carbocycles. The van der Waals surface area contributed by atoms with E-state index in [0.717, 1.165) is 36.3 Å². The quantitative estimate of drug-likeness (QED) is 0.814. The van der Waals surface area contributed by atoms with Gasteiger partial charge in [-0.15, -0.1) is 0 Å². The van der Waals surface area contributed by atoms with E-state index >= 15 is 0 Å². The van der Waals surface area contributed by atoms with Gasteiger partial charge >= 0.3 is 5.97 Å². The molecule has 1 N–H and O–H groups in total. The van der Waals surface area contributed by atoms with Crippen LogP contribution in [0, 0.1) is 5.92 Å². The van der Waals surface area contributed by atoms with E-state index in [1.54, 1.807) is 0 Å². The van der Waals surface area contributed by atoms with Gasteiger partial charge in [-0.3, -0.25) is 4.79 Å². The fourth-order valence-electron chi connectivity index (χ4n) is 3.18. The number of aliphatic carboxylic acids is 1. The predicted octanol–water partition coefficient (Wildman–Crippen LogP) is 3.02. The van der Waals surface area contributed by atoms with E-state index in [4.69, 9.17) is 11.6 Å². The summed E-state index contributed by atoms with van der Waals surface area (Å²) < 4.78 is 0. The molecule has 0 heterocycles. The maximum absolute atomic E-state index is 11.3. The van der Waals surface area contributed by atoms with Crippen LogP contribution in [0.15, 0.2) is 18.2 Å². The standard InChI is InChI=1S/C13H13ClO2/c14-10-3-1-2-8-4-5-9(12(15)16)13(6-7-13)11(8)10/h1-3,9H,4-7H2,(H,15,16). The molecule has 0 bridgehead atoms. The summed E-state index contributed by atoms with van der Waals surface area (Å²) in [5.41, 5.74) is 2.23. The number of halogens is 1. The number of carbonyl (C=O) groups is 1. The molecule has 0 saturated heterocycles. The molecule has 2 nitrogen and oxygen atoms in total. The minimum Gasteiger partial charge on any atom is -0.481 e. The average Bonchev–Trinajstić information content (AvgIpc) is 2.99. The highest BCUT2D eigenvalue weighted by molar-refractivity contribution is 6.31. The third kappa shape index (κ3) is 1.23. The second kappa shape index (κ2) is 3.24. The van der Waals surface area contributed by atoms with Crippen molar-refractivity contribution in [2.45, 2.75) is 31.1 Å². The third-order valence-electron chi connectivity index (χ3n) is 4.05. The van der Waals surface area contributed by atoms with Crippen LogP contribution in [0.2, 0.25) is 5.02 Å². The first kappa shape index (κ1) is 10.2. The average molecular weight is 237 g/mol. The van der Waals surface area contributed by atoms with Gasteiger partial charge in [0.1, 0.15) is 0 Å². The van der Waals surface area contributed by atoms with E-state index in [1.165, 1.54) is 5.56 Å². The number of benzene rings is 1. The van der Waals surface area contributed by atoms with Crippen LogP contribution in [-0.4, -0.2) is 11.1 Å². The van der Waals surface area contributed by atoms with Crippen molar-refractivity contribution in [1.82, 2.24) is 0 Å². The van der Waals surface area contributed by atoms with Crippen LogP contribution in [0.5, 0.6) is 0 Å². The van der Waals surface area contributed by atoms with Crippen LogP contribution >= 0.6 is 11.6 Å². The summed E-state index contributed by atoms with van der Waals surface area (Å²) in [4.78, 5) is 11.3. The maximum Gasteiger partial charge on any atom is 0.307 e. The van der Waals surface area contributed by atoms with E-state index in [0.29, 0.717) is 0 Å². The van der Waals surface area contributed by atoms with Gasteiger partial charge in [-0.1, -0.05) is 23.7 Å². The third-order valence-corrected chi connectivity index (χ3v) is 4.37. The lowest BCUT2D eigenvalue weighted by Crippen LogP contribution is -2.33. The molecule has 0 aliphatic heterocycles. The minimum absolute atomic E-state index is 0.141. The molecule has 0 amide bonds. The second-order valence-corrected chi connectivity index (χ2v) is 5.27. The van der Waals surface area contributed by atoms with Crippen LogP contribution in [0.1, 0.15) is 30.4 Å². The zero-order chi connectivity index (χ0) is 11.3. The molecule has 1 aromatic rings. The number of rotatable bonds is 1. The summed E-state index contributed by atoms with van der Waals surface area (Å²) in [6.07, 6.45) is 3.54. The van der Waals surface area contributed by atoms with Gasteiger partial charge in [0.15, 0.2) is 0 Å². The summed E-state index contributed by atoms with van der Waals surface area (Å²) in [5, 5.41) is 10.0. The Morgan fingerprint density at radius 1 is 1.44 bits per heavy atom. The van der Waals surface area contributed by atoms with Gasteiger partial charge < -0.3 is 5.11 Å². The first-order chi connectivity index (χ1) is 7.65. The van der Waals surface area contributed by atoms with Crippen molar-refractivity contribution >= 4 is 17.6 Å². The van der Waals surface area contributed by atoms with E-state index in [1.807, 2.05) is 12.1 Å². The Morgan fingerprint density at radius 3 is 2.81 bits per heavy atom. The Bertz CT molecular complexity index is 463. The number of hydrogen-bond acceptors (Lipinski definition) is 1. The number of carboxylic acid groups (broad SMARTS) is 1. The summed E-state index contributed by atoms with van der Waals surface area (Å²) in [6.45, 7) is 0. The smallest absolute Gasteiger partial charge is 0.307 e. The summed E-state index contributed by atoms with van der Waals surface area (Å²) >= 11 is 6.24. The Labute approximate surface area is 99.2 Å². The molecule has 1 spiro atoms. The molecule has 1 aromatic carbocycles. The van der Waals surface area contributed by atoms with Crippen molar-refractivity contribution in [2.24, 2.45) is 5.92 Å². The van der Waals surface area contributed by atoms with Gasteiger partial charge in [0.25, 0.3) is 0 Å². The second-order valence-electron chi connectivity index (χ2n) is 4.86. The van der Waals surface area contributed by atoms with Gasteiger partial charge in [-0.25, -0.2) is 0 Å².